The second-order valence-corrected chi connectivity index (χ2v) is 6.70. The van der Waals surface area contributed by atoms with Crippen LogP contribution in [0.5, 0.6) is 0 Å². The fraction of sp³-hybridized carbons (Fsp3) is 0.353. The van der Waals surface area contributed by atoms with E-state index in [-0.39, 0.29) is 11.8 Å². The molecule has 1 atom stereocenters. The molecule has 0 N–H and O–H groups in total. The molecule has 7 heteroatoms. The molecule has 1 fully saturated rings. The van der Waals surface area contributed by atoms with Crippen LogP contribution in [0.3, 0.4) is 0 Å². The number of nitro groups is 1. The van der Waals surface area contributed by atoms with Crippen LogP contribution >= 0.6 is 11.3 Å². The fourth-order valence-corrected chi connectivity index (χ4v) is 3.60. The molecule has 0 bridgehead atoms. The van der Waals surface area contributed by atoms with Gasteiger partial charge < -0.3 is 9.64 Å². The summed E-state index contributed by atoms with van der Waals surface area (Å²) in [6, 6.07) is 10.6. The van der Waals surface area contributed by atoms with E-state index in [0.29, 0.717) is 24.3 Å². The van der Waals surface area contributed by atoms with Gasteiger partial charge in [-0.15, -0.1) is 11.3 Å². The Kier molecular flexibility index (Phi) is 5.08. The van der Waals surface area contributed by atoms with Gasteiger partial charge in [-0.3, -0.25) is 10.1 Å². The van der Waals surface area contributed by atoms with Gasteiger partial charge in [0.25, 0.3) is 5.69 Å². The fourth-order valence-electron chi connectivity index (χ4n) is 2.88. The van der Waals surface area contributed by atoms with Gasteiger partial charge in [0.1, 0.15) is 6.07 Å². The average Bonchev–Trinajstić information content (AvgIpc) is 3.27. The summed E-state index contributed by atoms with van der Waals surface area (Å²) in [5.74, 6) is 0. The summed E-state index contributed by atoms with van der Waals surface area (Å²) in [6.07, 6.45) is 2.17. The number of ether oxygens (including phenoxy) is 1. The highest BCUT2D eigenvalue weighted by atomic mass is 32.1. The molecule has 0 saturated carbocycles. The zero-order valence-electron chi connectivity index (χ0n) is 13.1. The van der Waals surface area contributed by atoms with Crippen molar-refractivity contribution in [2.24, 2.45) is 0 Å². The maximum Gasteiger partial charge on any atom is 0.270 e. The average molecular weight is 343 g/mol. The minimum absolute atomic E-state index is 0.0662. The summed E-state index contributed by atoms with van der Waals surface area (Å²) < 4.78 is 5.73. The maximum absolute atomic E-state index is 10.9. The lowest BCUT2D eigenvalue weighted by Crippen LogP contribution is -2.32. The lowest BCUT2D eigenvalue weighted by Gasteiger charge is -2.27. The molecule has 6 nitrogen and oxygen atoms in total. The molecule has 0 spiro atoms. The van der Waals surface area contributed by atoms with E-state index >= 15 is 0 Å². The van der Waals surface area contributed by atoms with E-state index in [1.165, 1.54) is 17.0 Å². The van der Waals surface area contributed by atoms with Crippen molar-refractivity contribution >= 4 is 22.7 Å². The summed E-state index contributed by atoms with van der Waals surface area (Å²) >= 11 is 1.65. The van der Waals surface area contributed by atoms with Crippen LogP contribution in [0.4, 0.5) is 11.4 Å². The molecule has 0 radical (unpaired) electrons. The van der Waals surface area contributed by atoms with Crippen molar-refractivity contribution in [1.82, 2.24) is 0 Å². The van der Waals surface area contributed by atoms with E-state index in [0.717, 1.165) is 19.4 Å². The highest BCUT2D eigenvalue weighted by molar-refractivity contribution is 7.09. The first-order valence-electron chi connectivity index (χ1n) is 7.75. The van der Waals surface area contributed by atoms with Gasteiger partial charge in [-0.05, 0) is 30.4 Å². The molecule has 124 valence electrons. The van der Waals surface area contributed by atoms with Gasteiger partial charge in [-0.25, -0.2) is 0 Å². The predicted octanol–water partition coefficient (Wildman–Crippen LogP) is 3.71. The largest absolute Gasteiger partial charge is 0.376 e. The van der Waals surface area contributed by atoms with Crippen LogP contribution in [0.2, 0.25) is 0 Å². The highest BCUT2D eigenvalue weighted by Crippen LogP contribution is 2.28. The molecule has 3 rings (SSSR count). The Morgan fingerprint density at radius 3 is 2.96 bits per heavy atom. The van der Waals surface area contributed by atoms with Crippen molar-refractivity contribution in [3.05, 3.63) is 56.3 Å². The van der Waals surface area contributed by atoms with Crippen molar-refractivity contribution in [2.75, 3.05) is 18.1 Å². The zero-order valence-corrected chi connectivity index (χ0v) is 13.9. The van der Waals surface area contributed by atoms with E-state index in [4.69, 9.17) is 4.74 Å². The Balaban J connectivity index is 1.91. The molecule has 24 heavy (non-hydrogen) atoms. The molecule has 1 aliphatic rings. The minimum atomic E-state index is -0.478. The highest BCUT2D eigenvalue weighted by Gasteiger charge is 2.22. The number of nitriles is 1. The lowest BCUT2D eigenvalue weighted by atomic mass is 10.1. The molecule has 1 aromatic heterocycles. The topological polar surface area (TPSA) is 79.4 Å². The van der Waals surface area contributed by atoms with Crippen molar-refractivity contribution in [3.8, 4) is 6.07 Å². The smallest absolute Gasteiger partial charge is 0.270 e. The van der Waals surface area contributed by atoms with Crippen molar-refractivity contribution in [3.63, 3.8) is 0 Å². The van der Waals surface area contributed by atoms with Crippen LogP contribution in [0, 0.1) is 21.4 Å². The predicted molar refractivity (Wildman–Crippen MR) is 92.2 cm³/mol. The van der Waals surface area contributed by atoms with Crippen LogP contribution in [-0.2, 0) is 11.3 Å². The molecule has 1 unspecified atom stereocenters. The monoisotopic (exact) mass is 343 g/mol. The molecule has 0 amide bonds. The molecule has 2 aromatic rings. The Hall–Kier alpha value is -2.43. The van der Waals surface area contributed by atoms with Gasteiger partial charge in [-0.1, -0.05) is 6.07 Å². The molecule has 1 aromatic carbocycles. The van der Waals surface area contributed by atoms with E-state index in [1.807, 2.05) is 17.5 Å². The van der Waals surface area contributed by atoms with Gasteiger partial charge in [0, 0.05) is 30.2 Å². The van der Waals surface area contributed by atoms with Crippen LogP contribution < -0.4 is 4.90 Å². The first kappa shape index (κ1) is 16.4. The van der Waals surface area contributed by atoms with Gasteiger partial charge in [0.05, 0.1) is 28.8 Å². The third-order valence-electron chi connectivity index (χ3n) is 4.03. The normalized spacial score (nSPS) is 16.7. The minimum Gasteiger partial charge on any atom is -0.376 e. The lowest BCUT2D eigenvalue weighted by molar-refractivity contribution is -0.384. The van der Waals surface area contributed by atoms with Crippen molar-refractivity contribution in [1.29, 1.82) is 5.26 Å². The third kappa shape index (κ3) is 3.72. The Labute approximate surface area is 144 Å². The SMILES string of the molecule is N#Cc1cc([N+](=O)[O-])ccc1N(Cc1cccs1)CC1CCCO1. The molecule has 1 aliphatic heterocycles. The summed E-state index contributed by atoms with van der Waals surface area (Å²) in [5, 5.41) is 22.4. The molecule has 0 aliphatic carbocycles. The van der Waals surface area contributed by atoms with Crippen molar-refractivity contribution < 1.29 is 9.66 Å². The molecule has 2 heterocycles. The number of nitrogens with zero attached hydrogens (tertiary/aromatic N) is 3. The van der Waals surface area contributed by atoms with Crippen LogP contribution in [-0.4, -0.2) is 24.2 Å². The summed E-state index contributed by atoms with van der Waals surface area (Å²) in [4.78, 5) is 13.7. The number of anilines is 1. The van der Waals surface area contributed by atoms with E-state index in [9.17, 15) is 15.4 Å². The number of hydrogen-bond donors (Lipinski definition) is 0. The second kappa shape index (κ2) is 7.43. The van der Waals surface area contributed by atoms with E-state index in [2.05, 4.69) is 11.0 Å². The van der Waals surface area contributed by atoms with Crippen molar-refractivity contribution in [2.45, 2.75) is 25.5 Å². The van der Waals surface area contributed by atoms with Gasteiger partial charge in [0.2, 0.25) is 0 Å². The van der Waals surface area contributed by atoms with Crippen LogP contribution in [0.15, 0.2) is 35.7 Å². The van der Waals surface area contributed by atoms with E-state index < -0.39 is 4.92 Å². The van der Waals surface area contributed by atoms with Gasteiger partial charge in [-0.2, -0.15) is 5.26 Å². The molecule has 1 saturated heterocycles. The Bertz CT molecular complexity index is 749. The molecular formula is C17H17N3O3S. The number of nitro benzene ring substituents is 1. The third-order valence-corrected chi connectivity index (χ3v) is 4.89. The van der Waals surface area contributed by atoms with Gasteiger partial charge >= 0.3 is 0 Å². The quantitative estimate of drug-likeness (QED) is 0.590. The first-order chi connectivity index (χ1) is 11.7. The number of non-ortho nitro benzene ring substituents is 1. The van der Waals surface area contributed by atoms with E-state index in [1.54, 1.807) is 17.4 Å². The summed E-state index contributed by atoms with van der Waals surface area (Å²) in [6.45, 7) is 2.09. The zero-order chi connectivity index (χ0) is 16.9. The Morgan fingerprint density at radius 1 is 1.46 bits per heavy atom. The molecular weight excluding hydrogens is 326 g/mol. The second-order valence-electron chi connectivity index (χ2n) is 5.67. The Morgan fingerprint density at radius 2 is 2.33 bits per heavy atom. The standard InChI is InChI=1S/C17H17N3O3S/c18-10-13-9-14(20(21)22)5-6-17(13)19(11-15-3-1-7-23-15)12-16-4-2-8-24-16/h2,4-6,8-9,15H,1,3,7,11-12H2. The number of rotatable bonds is 6. The number of thiophene rings is 1. The van der Waals surface area contributed by atoms with Gasteiger partial charge in [0.15, 0.2) is 0 Å². The summed E-state index contributed by atoms with van der Waals surface area (Å²) in [5.41, 5.74) is 0.967. The van der Waals surface area contributed by atoms with Crippen LogP contribution in [0.1, 0.15) is 23.3 Å². The number of hydrogen-bond acceptors (Lipinski definition) is 6. The van der Waals surface area contributed by atoms with Crippen LogP contribution in [0.25, 0.3) is 0 Å². The first-order valence-corrected chi connectivity index (χ1v) is 8.63. The maximum atomic E-state index is 10.9. The number of benzene rings is 1. The summed E-state index contributed by atoms with van der Waals surface area (Å²) in [7, 11) is 0.